The highest BCUT2D eigenvalue weighted by Crippen LogP contribution is 2.49. The topological polar surface area (TPSA) is 20.2 Å². The van der Waals surface area contributed by atoms with E-state index in [4.69, 9.17) is 0 Å². The molecule has 1 aliphatic rings. The van der Waals surface area contributed by atoms with E-state index in [1.807, 2.05) is 0 Å². The first-order valence-corrected chi connectivity index (χ1v) is 6.83. The van der Waals surface area contributed by atoms with Crippen molar-refractivity contribution in [3.8, 4) is 0 Å². The van der Waals surface area contributed by atoms with Crippen LogP contribution in [0.2, 0.25) is 0 Å². The molecule has 0 aromatic rings. The van der Waals surface area contributed by atoms with Crippen LogP contribution < -0.4 is 0 Å². The van der Waals surface area contributed by atoms with Crippen molar-refractivity contribution in [3.63, 3.8) is 0 Å². The van der Waals surface area contributed by atoms with Gasteiger partial charge in [0, 0.05) is 6.61 Å². The molecule has 0 radical (unpaired) electrons. The average molecular weight is 226 g/mol. The Hall–Kier alpha value is -0.0400. The summed E-state index contributed by atoms with van der Waals surface area (Å²) in [6, 6.07) is 0. The molecule has 0 bridgehead atoms. The maximum absolute atomic E-state index is 9.46. The number of aliphatic hydroxyl groups excluding tert-OH is 1. The molecule has 0 unspecified atom stereocenters. The van der Waals surface area contributed by atoms with Crippen molar-refractivity contribution in [2.75, 3.05) is 6.61 Å². The normalized spacial score (nSPS) is 37.9. The van der Waals surface area contributed by atoms with Crippen molar-refractivity contribution < 1.29 is 5.11 Å². The van der Waals surface area contributed by atoms with Gasteiger partial charge in [-0.1, -0.05) is 47.5 Å². The fourth-order valence-corrected chi connectivity index (χ4v) is 2.97. The molecule has 0 spiro atoms. The summed E-state index contributed by atoms with van der Waals surface area (Å²) in [4.78, 5) is 0. The molecule has 1 N–H and O–H groups in total. The summed E-state index contributed by atoms with van der Waals surface area (Å²) in [5, 5.41) is 9.46. The van der Waals surface area contributed by atoms with Gasteiger partial charge >= 0.3 is 0 Å². The smallest absolute Gasteiger partial charge is 0.0484 e. The van der Waals surface area contributed by atoms with Gasteiger partial charge in [0.2, 0.25) is 0 Å². The number of hydrogen-bond acceptors (Lipinski definition) is 1. The second-order valence-electron chi connectivity index (χ2n) is 7.49. The van der Waals surface area contributed by atoms with Crippen molar-refractivity contribution in [1.82, 2.24) is 0 Å². The summed E-state index contributed by atoms with van der Waals surface area (Å²) in [6.45, 7) is 12.2. The van der Waals surface area contributed by atoms with Gasteiger partial charge in [-0.05, 0) is 41.9 Å². The minimum atomic E-state index is 0.194. The van der Waals surface area contributed by atoms with Gasteiger partial charge in [0.1, 0.15) is 0 Å². The molecule has 1 saturated carbocycles. The van der Waals surface area contributed by atoms with E-state index >= 15 is 0 Å². The van der Waals surface area contributed by atoms with Crippen molar-refractivity contribution in [2.45, 2.75) is 73.1 Å². The average Bonchev–Trinajstić information content (AvgIpc) is 2.13. The summed E-state index contributed by atoms with van der Waals surface area (Å²) < 4.78 is 0. The SMILES string of the molecule is CC1(CO)CCCC(C)(C(C)(C)C)CCC1. The van der Waals surface area contributed by atoms with Gasteiger partial charge in [0.15, 0.2) is 0 Å². The lowest BCUT2D eigenvalue weighted by Crippen LogP contribution is -2.35. The van der Waals surface area contributed by atoms with Crippen molar-refractivity contribution in [2.24, 2.45) is 16.2 Å². The molecule has 0 amide bonds. The lowest BCUT2D eigenvalue weighted by atomic mass is 9.60. The first-order valence-electron chi connectivity index (χ1n) is 6.83. The van der Waals surface area contributed by atoms with E-state index in [1.54, 1.807) is 0 Å². The molecule has 96 valence electrons. The fraction of sp³-hybridized carbons (Fsp3) is 1.00. The Morgan fingerprint density at radius 1 is 0.938 bits per heavy atom. The van der Waals surface area contributed by atoms with Gasteiger partial charge in [0.25, 0.3) is 0 Å². The molecule has 0 aromatic heterocycles. The van der Waals surface area contributed by atoms with Gasteiger partial charge in [-0.15, -0.1) is 0 Å². The van der Waals surface area contributed by atoms with E-state index in [9.17, 15) is 5.11 Å². The van der Waals surface area contributed by atoms with Crippen molar-refractivity contribution in [1.29, 1.82) is 0 Å². The number of rotatable bonds is 1. The standard InChI is InChI=1S/C15H30O/c1-13(2,3)15(5)10-6-8-14(4,12-16)9-7-11-15/h16H,6-12H2,1-5H3. The largest absolute Gasteiger partial charge is 0.396 e. The van der Waals surface area contributed by atoms with Crippen LogP contribution in [-0.4, -0.2) is 11.7 Å². The maximum Gasteiger partial charge on any atom is 0.0484 e. The van der Waals surface area contributed by atoms with Crippen LogP contribution >= 0.6 is 0 Å². The van der Waals surface area contributed by atoms with Crippen LogP contribution in [0.4, 0.5) is 0 Å². The van der Waals surface area contributed by atoms with E-state index in [0.717, 1.165) is 0 Å². The lowest BCUT2D eigenvalue weighted by Gasteiger charge is -2.45. The van der Waals surface area contributed by atoms with Crippen LogP contribution in [0.15, 0.2) is 0 Å². The highest BCUT2D eigenvalue weighted by atomic mass is 16.3. The van der Waals surface area contributed by atoms with Crippen LogP contribution in [0, 0.1) is 16.2 Å². The fourth-order valence-electron chi connectivity index (χ4n) is 2.97. The Balaban J connectivity index is 2.67. The number of hydrogen-bond donors (Lipinski definition) is 1. The molecule has 1 rings (SSSR count). The molecule has 1 fully saturated rings. The Bertz CT molecular complexity index is 214. The highest BCUT2D eigenvalue weighted by molar-refractivity contribution is 4.89. The summed E-state index contributed by atoms with van der Waals surface area (Å²) in [5.74, 6) is 0. The van der Waals surface area contributed by atoms with Gasteiger partial charge < -0.3 is 5.11 Å². The zero-order valence-corrected chi connectivity index (χ0v) is 11.9. The van der Waals surface area contributed by atoms with Crippen LogP contribution in [0.3, 0.4) is 0 Å². The molecule has 0 saturated heterocycles. The van der Waals surface area contributed by atoms with E-state index in [2.05, 4.69) is 34.6 Å². The predicted molar refractivity (Wildman–Crippen MR) is 70.5 cm³/mol. The van der Waals surface area contributed by atoms with Crippen LogP contribution in [-0.2, 0) is 0 Å². The van der Waals surface area contributed by atoms with Crippen molar-refractivity contribution >= 4 is 0 Å². The summed E-state index contributed by atoms with van der Waals surface area (Å²) in [5.41, 5.74) is 1.07. The van der Waals surface area contributed by atoms with Crippen molar-refractivity contribution in [3.05, 3.63) is 0 Å². The van der Waals surface area contributed by atoms with Gasteiger partial charge in [-0.2, -0.15) is 0 Å². The maximum atomic E-state index is 9.46. The molecule has 0 atom stereocenters. The quantitative estimate of drug-likeness (QED) is 0.703. The van der Waals surface area contributed by atoms with Gasteiger partial charge in [-0.3, -0.25) is 0 Å². The van der Waals surface area contributed by atoms with E-state index in [-0.39, 0.29) is 5.41 Å². The first-order chi connectivity index (χ1) is 7.22. The van der Waals surface area contributed by atoms with E-state index in [1.165, 1.54) is 38.5 Å². The number of aliphatic hydroxyl groups is 1. The van der Waals surface area contributed by atoms with Crippen LogP contribution in [0.5, 0.6) is 0 Å². The van der Waals surface area contributed by atoms with Crippen LogP contribution in [0.25, 0.3) is 0 Å². The third kappa shape index (κ3) is 3.00. The van der Waals surface area contributed by atoms with E-state index < -0.39 is 0 Å². The molecule has 1 aliphatic carbocycles. The van der Waals surface area contributed by atoms with E-state index in [0.29, 0.717) is 17.4 Å². The second-order valence-corrected chi connectivity index (χ2v) is 7.49. The predicted octanol–water partition coefficient (Wildman–Crippen LogP) is 4.39. The monoisotopic (exact) mass is 226 g/mol. The Morgan fingerprint density at radius 3 is 1.69 bits per heavy atom. The molecule has 0 heterocycles. The first kappa shape index (κ1) is 14.0. The molecular weight excluding hydrogens is 196 g/mol. The van der Waals surface area contributed by atoms with Gasteiger partial charge in [-0.25, -0.2) is 0 Å². The zero-order chi connectivity index (χ0) is 12.4. The lowest BCUT2D eigenvalue weighted by molar-refractivity contribution is 0.0375. The third-order valence-electron chi connectivity index (χ3n) is 5.21. The third-order valence-corrected chi connectivity index (χ3v) is 5.21. The molecule has 16 heavy (non-hydrogen) atoms. The summed E-state index contributed by atoms with van der Waals surface area (Å²) in [7, 11) is 0. The minimum Gasteiger partial charge on any atom is -0.396 e. The molecule has 1 nitrogen and oxygen atoms in total. The summed E-state index contributed by atoms with van der Waals surface area (Å²) >= 11 is 0. The molecule has 0 aromatic carbocycles. The zero-order valence-electron chi connectivity index (χ0n) is 11.9. The Kier molecular flexibility index (Phi) is 4.10. The molecular formula is C15H30O. The van der Waals surface area contributed by atoms with Gasteiger partial charge in [0.05, 0.1) is 0 Å². The Morgan fingerprint density at radius 2 is 1.38 bits per heavy atom. The molecule has 1 heteroatoms. The highest BCUT2D eigenvalue weighted by Gasteiger charge is 2.39. The Labute approximate surface area is 102 Å². The van der Waals surface area contributed by atoms with Crippen LogP contribution in [0.1, 0.15) is 73.1 Å². The minimum absolute atomic E-state index is 0.194. The second kappa shape index (κ2) is 4.68. The summed E-state index contributed by atoms with van der Waals surface area (Å²) in [6.07, 6.45) is 7.54. The molecule has 0 aliphatic heterocycles.